The maximum Gasteiger partial charge on any atom is 0.265 e. The Balaban J connectivity index is 2.78. The average Bonchev–Trinajstić information content (AvgIpc) is 3.04. The van der Waals surface area contributed by atoms with E-state index in [2.05, 4.69) is 35.7 Å². The van der Waals surface area contributed by atoms with Crippen molar-refractivity contribution in [3.05, 3.63) is 68.6 Å². The van der Waals surface area contributed by atoms with Crippen LogP contribution in [-0.4, -0.2) is 0 Å². The topological polar surface area (TPSA) is 56.3 Å². The van der Waals surface area contributed by atoms with Crippen molar-refractivity contribution in [3.8, 4) is 12.1 Å². The molecule has 27 heavy (non-hydrogen) atoms. The van der Waals surface area contributed by atoms with E-state index in [1.54, 1.807) is 0 Å². The second kappa shape index (κ2) is 9.38. The van der Waals surface area contributed by atoms with Crippen molar-refractivity contribution in [2.75, 3.05) is 0 Å². The van der Waals surface area contributed by atoms with Crippen molar-refractivity contribution >= 4 is 11.1 Å². The summed E-state index contributed by atoms with van der Waals surface area (Å²) >= 11 is 0. The Morgan fingerprint density at radius 2 is 1.30 bits per heavy atom. The minimum Gasteiger partial charge on any atom is -0.226 e. The van der Waals surface area contributed by atoms with Gasteiger partial charge in [-0.3, -0.25) is 0 Å². The van der Waals surface area contributed by atoms with Crippen LogP contribution in [0.25, 0.3) is 20.8 Å². The lowest BCUT2D eigenvalue weighted by Crippen LogP contribution is -1.99. The third-order valence-corrected chi connectivity index (χ3v) is 4.95. The molecule has 0 saturated carbocycles. The molecular weight excluding hydrogens is 332 g/mol. The van der Waals surface area contributed by atoms with Crippen LogP contribution in [0.4, 0.5) is 0 Å². The molecule has 1 aromatic carbocycles. The molecule has 0 radical (unpaired) electrons. The fourth-order valence-corrected chi connectivity index (χ4v) is 3.50. The summed E-state index contributed by atoms with van der Waals surface area (Å²) in [4.78, 5) is 6.76. The van der Waals surface area contributed by atoms with E-state index in [9.17, 15) is 10.5 Å². The molecule has 4 nitrogen and oxygen atoms in total. The zero-order valence-corrected chi connectivity index (χ0v) is 15.9. The van der Waals surface area contributed by atoms with Gasteiger partial charge in [0.05, 0.1) is 25.3 Å². The first-order valence-electron chi connectivity index (χ1n) is 9.32. The molecule has 4 heteroatoms. The van der Waals surface area contributed by atoms with Crippen LogP contribution in [0.1, 0.15) is 68.2 Å². The molecule has 0 unspecified atom stereocenters. The number of nitriles is 2. The van der Waals surface area contributed by atoms with Gasteiger partial charge in [-0.1, -0.05) is 38.8 Å². The molecule has 0 heterocycles. The number of unbranched alkanes of at least 4 members (excludes halogenated alkanes) is 2. The fraction of sp³-hybridized carbons (Fsp3) is 0.391. The predicted octanol–water partition coefficient (Wildman–Crippen LogP) is 6.08. The maximum atomic E-state index is 9.37. The number of nitrogens with zero attached hydrogens (tertiary/aromatic N) is 4. The van der Waals surface area contributed by atoms with Crippen LogP contribution >= 0.6 is 0 Å². The van der Waals surface area contributed by atoms with E-state index in [-0.39, 0.29) is 11.4 Å². The van der Waals surface area contributed by atoms with Crippen LogP contribution in [0.15, 0.2) is 23.5 Å². The SMILES string of the molecule is [C-]#[N+]C(C#N)=C1CC(=C(C#N)[N+]#[C-])c2cc(CCCC)c(CCCC)cc21. The van der Waals surface area contributed by atoms with E-state index >= 15 is 0 Å². The van der Waals surface area contributed by atoms with Crippen molar-refractivity contribution in [2.45, 2.75) is 58.8 Å². The number of benzene rings is 1. The zero-order valence-electron chi connectivity index (χ0n) is 15.9. The normalized spacial score (nSPS) is 15.8. The summed E-state index contributed by atoms with van der Waals surface area (Å²) in [6.45, 7) is 19.0. The van der Waals surface area contributed by atoms with Crippen LogP contribution in [0.2, 0.25) is 0 Å². The van der Waals surface area contributed by atoms with E-state index < -0.39 is 0 Å². The Bertz CT molecular complexity index is 855. The Hall–Kier alpha value is -3.34. The van der Waals surface area contributed by atoms with Gasteiger partial charge in [-0.05, 0) is 65.5 Å². The molecule has 1 aliphatic carbocycles. The minimum atomic E-state index is 0.0521. The van der Waals surface area contributed by atoms with Gasteiger partial charge in [0.15, 0.2) is 0 Å². The van der Waals surface area contributed by atoms with Gasteiger partial charge in [0.2, 0.25) is 0 Å². The summed E-state index contributed by atoms with van der Waals surface area (Å²) in [6.07, 6.45) is 6.58. The molecule has 1 aliphatic rings. The van der Waals surface area contributed by atoms with Crippen LogP contribution in [-0.2, 0) is 12.8 Å². The average molecular weight is 354 g/mol. The maximum absolute atomic E-state index is 9.37. The van der Waals surface area contributed by atoms with Crippen LogP contribution in [0.3, 0.4) is 0 Å². The number of hydrogen-bond donors (Lipinski definition) is 0. The van der Waals surface area contributed by atoms with E-state index in [1.165, 1.54) is 11.1 Å². The molecule has 0 fully saturated rings. The summed E-state index contributed by atoms with van der Waals surface area (Å²) in [7, 11) is 0. The molecule has 0 saturated heterocycles. The van der Waals surface area contributed by atoms with Gasteiger partial charge in [-0.2, -0.15) is 0 Å². The largest absolute Gasteiger partial charge is 0.265 e. The van der Waals surface area contributed by atoms with E-state index in [0.717, 1.165) is 49.7 Å². The van der Waals surface area contributed by atoms with Crippen LogP contribution in [0, 0.1) is 35.8 Å². The van der Waals surface area contributed by atoms with Crippen molar-refractivity contribution in [1.82, 2.24) is 0 Å². The van der Waals surface area contributed by atoms with Gasteiger partial charge in [0.25, 0.3) is 11.4 Å². The van der Waals surface area contributed by atoms with Crippen molar-refractivity contribution in [3.63, 3.8) is 0 Å². The highest BCUT2D eigenvalue weighted by Crippen LogP contribution is 2.45. The van der Waals surface area contributed by atoms with E-state index in [4.69, 9.17) is 13.1 Å². The summed E-state index contributed by atoms with van der Waals surface area (Å²) in [5, 5.41) is 18.7. The van der Waals surface area contributed by atoms with Crippen LogP contribution < -0.4 is 0 Å². The highest BCUT2D eigenvalue weighted by Gasteiger charge is 2.28. The lowest BCUT2D eigenvalue weighted by atomic mass is 9.91. The molecule has 1 aromatic rings. The molecular formula is C23H22N4. The molecule has 134 valence electrons. The Morgan fingerprint density at radius 3 is 1.59 bits per heavy atom. The predicted molar refractivity (Wildman–Crippen MR) is 107 cm³/mol. The van der Waals surface area contributed by atoms with Gasteiger partial charge in [-0.25, -0.2) is 20.2 Å². The third-order valence-electron chi connectivity index (χ3n) is 4.95. The van der Waals surface area contributed by atoms with Gasteiger partial charge in [0.1, 0.15) is 0 Å². The monoisotopic (exact) mass is 354 g/mol. The summed E-state index contributed by atoms with van der Waals surface area (Å²) in [5.41, 5.74) is 5.60. The van der Waals surface area contributed by atoms with Gasteiger partial charge in [0, 0.05) is 0 Å². The second-order valence-electron chi connectivity index (χ2n) is 6.65. The minimum absolute atomic E-state index is 0.0521. The molecule has 0 aromatic heterocycles. The molecule has 0 spiro atoms. The van der Waals surface area contributed by atoms with Gasteiger partial charge < -0.3 is 0 Å². The first-order valence-corrected chi connectivity index (χ1v) is 9.32. The summed E-state index contributed by atoms with van der Waals surface area (Å²) in [5.74, 6) is 0. The standard InChI is InChI=1S/C23H22N4/c1-5-7-9-16-11-18-19(12-17(16)10-8-6-2)21(23(15-25)27-4)13-20(18)22(14-24)26-3/h11-12H,5-10,13H2,1-2H3. The highest BCUT2D eigenvalue weighted by atomic mass is 14.7. The highest BCUT2D eigenvalue weighted by molar-refractivity contribution is 5.97. The molecule has 0 atom stereocenters. The zero-order chi connectivity index (χ0) is 19.8. The summed E-state index contributed by atoms with van der Waals surface area (Å²) < 4.78 is 0. The van der Waals surface area contributed by atoms with E-state index in [0.29, 0.717) is 17.6 Å². The van der Waals surface area contributed by atoms with E-state index in [1.807, 2.05) is 12.1 Å². The Labute approximate surface area is 161 Å². The third kappa shape index (κ3) is 4.08. The van der Waals surface area contributed by atoms with Crippen LogP contribution in [0.5, 0.6) is 0 Å². The number of aryl methyl sites for hydroxylation is 2. The van der Waals surface area contributed by atoms with Crippen molar-refractivity contribution in [2.24, 2.45) is 0 Å². The Morgan fingerprint density at radius 1 is 0.889 bits per heavy atom. The first kappa shape index (κ1) is 20.0. The van der Waals surface area contributed by atoms with Crippen molar-refractivity contribution < 1.29 is 0 Å². The second-order valence-corrected chi connectivity index (χ2v) is 6.65. The van der Waals surface area contributed by atoms with Gasteiger partial charge in [-0.15, -0.1) is 0 Å². The molecule has 0 amide bonds. The van der Waals surface area contributed by atoms with Crippen molar-refractivity contribution in [1.29, 1.82) is 10.5 Å². The number of fused-ring (bicyclic) bond motifs is 1. The molecule has 2 rings (SSSR count). The lowest BCUT2D eigenvalue weighted by molar-refractivity contribution is 0.758. The quantitative estimate of drug-likeness (QED) is 0.459. The number of rotatable bonds is 6. The smallest absolute Gasteiger partial charge is 0.226 e. The lowest BCUT2D eigenvalue weighted by Gasteiger charge is -2.14. The summed E-state index contributed by atoms with van der Waals surface area (Å²) in [6, 6.07) is 8.16. The Kier molecular flexibility index (Phi) is 6.94. The first-order chi connectivity index (χ1) is 13.1. The molecule has 0 bridgehead atoms. The molecule has 0 N–H and O–H groups in total. The number of hydrogen-bond acceptors (Lipinski definition) is 2. The fourth-order valence-electron chi connectivity index (χ4n) is 3.50. The number of allylic oxidation sites excluding steroid dienone is 4. The molecule has 0 aliphatic heterocycles. The van der Waals surface area contributed by atoms with Gasteiger partial charge >= 0.3 is 0 Å².